The first kappa shape index (κ1) is 8.91. The monoisotopic (exact) mass is 211 g/mol. The molecule has 77 valence electrons. The average molecular weight is 211 g/mol. The standard InChI is InChI=1S/C12H7N2O2/c15-14(16)8-5-6-12-10(7-8)9-3-1-2-4-11(9)13-12/h2-7,13H. The highest BCUT2D eigenvalue weighted by Crippen LogP contribution is 2.27. The van der Waals surface area contributed by atoms with Gasteiger partial charge in [-0.05, 0) is 24.3 Å². The van der Waals surface area contributed by atoms with Gasteiger partial charge in [0, 0.05) is 33.9 Å². The Morgan fingerprint density at radius 2 is 2.00 bits per heavy atom. The van der Waals surface area contributed by atoms with E-state index in [9.17, 15) is 10.1 Å². The molecule has 0 spiro atoms. The topological polar surface area (TPSA) is 58.9 Å². The number of fused-ring (bicyclic) bond motifs is 3. The molecular formula is C12H7N2O2. The number of H-pyrrole nitrogens is 1. The number of nitrogens with zero attached hydrogens (tertiary/aromatic N) is 1. The number of rotatable bonds is 1. The van der Waals surface area contributed by atoms with Crippen LogP contribution in [0.2, 0.25) is 0 Å². The van der Waals surface area contributed by atoms with Crippen molar-refractivity contribution in [1.82, 2.24) is 4.98 Å². The molecule has 1 radical (unpaired) electrons. The van der Waals surface area contributed by atoms with Gasteiger partial charge in [-0.2, -0.15) is 0 Å². The van der Waals surface area contributed by atoms with Gasteiger partial charge in [0.05, 0.1) is 4.92 Å². The Balaban J connectivity index is 2.44. The summed E-state index contributed by atoms with van der Waals surface area (Å²) in [7, 11) is 0. The highest BCUT2D eigenvalue weighted by Gasteiger charge is 2.09. The minimum absolute atomic E-state index is 0.109. The number of nitro benzene ring substituents is 1. The molecule has 1 N–H and O–H groups in total. The van der Waals surface area contributed by atoms with Crippen LogP contribution in [0.25, 0.3) is 21.8 Å². The number of hydrogen-bond donors (Lipinski definition) is 1. The maximum atomic E-state index is 10.7. The highest BCUT2D eigenvalue weighted by molar-refractivity contribution is 6.07. The second-order valence-corrected chi connectivity index (χ2v) is 3.58. The summed E-state index contributed by atoms with van der Waals surface area (Å²) in [5.74, 6) is 0. The number of aromatic amines is 1. The molecule has 4 nitrogen and oxygen atoms in total. The molecule has 0 aliphatic carbocycles. The second-order valence-electron chi connectivity index (χ2n) is 3.58. The van der Waals surface area contributed by atoms with Gasteiger partial charge in [0.15, 0.2) is 0 Å². The van der Waals surface area contributed by atoms with Crippen LogP contribution in [0, 0.1) is 16.2 Å². The number of non-ortho nitro benzene ring substituents is 1. The summed E-state index contributed by atoms with van der Waals surface area (Å²) in [6.45, 7) is 0. The van der Waals surface area contributed by atoms with Crippen molar-refractivity contribution in [1.29, 1.82) is 0 Å². The molecule has 0 saturated heterocycles. The van der Waals surface area contributed by atoms with Crippen molar-refractivity contribution < 1.29 is 4.92 Å². The van der Waals surface area contributed by atoms with Crippen LogP contribution in [-0.4, -0.2) is 9.91 Å². The molecule has 0 aliphatic rings. The Morgan fingerprint density at radius 3 is 2.81 bits per heavy atom. The van der Waals surface area contributed by atoms with Gasteiger partial charge in [-0.3, -0.25) is 10.1 Å². The molecule has 3 rings (SSSR count). The third-order valence-corrected chi connectivity index (χ3v) is 2.64. The van der Waals surface area contributed by atoms with Crippen molar-refractivity contribution in [3.8, 4) is 0 Å². The van der Waals surface area contributed by atoms with E-state index in [2.05, 4.69) is 11.1 Å². The van der Waals surface area contributed by atoms with Gasteiger partial charge in [-0.15, -0.1) is 0 Å². The van der Waals surface area contributed by atoms with E-state index in [0.717, 1.165) is 21.8 Å². The van der Waals surface area contributed by atoms with Gasteiger partial charge in [0.25, 0.3) is 5.69 Å². The van der Waals surface area contributed by atoms with Crippen LogP contribution in [0.5, 0.6) is 0 Å². The first-order valence-corrected chi connectivity index (χ1v) is 4.81. The lowest BCUT2D eigenvalue weighted by atomic mass is 10.1. The van der Waals surface area contributed by atoms with Crippen LogP contribution in [0.3, 0.4) is 0 Å². The van der Waals surface area contributed by atoms with E-state index in [0.29, 0.717) is 0 Å². The lowest BCUT2D eigenvalue weighted by Gasteiger charge is -1.92. The van der Waals surface area contributed by atoms with Gasteiger partial charge < -0.3 is 4.98 Å². The molecule has 0 aliphatic heterocycles. The van der Waals surface area contributed by atoms with Crippen molar-refractivity contribution in [3.63, 3.8) is 0 Å². The normalized spacial score (nSPS) is 11.0. The Kier molecular flexibility index (Phi) is 1.71. The van der Waals surface area contributed by atoms with Crippen LogP contribution in [0.15, 0.2) is 36.4 Å². The van der Waals surface area contributed by atoms with Crippen molar-refractivity contribution >= 4 is 27.5 Å². The molecule has 1 aromatic heterocycles. The summed E-state index contributed by atoms with van der Waals surface area (Å²) in [6, 6.07) is 13.3. The average Bonchev–Trinajstić information content (AvgIpc) is 2.66. The summed E-state index contributed by atoms with van der Waals surface area (Å²) < 4.78 is 0. The molecule has 4 heteroatoms. The lowest BCUT2D eigenvalue weighted by molar-refractivity contribution is -0.384. The number of aromatic nitrogens is 1. The maximum absolute atomic E-state index is 10.7. The van der Waals surface area contributed by atoms with Crippen LogP contribution in [0.1, 0.15) is 0 Å². The summed E-state index contributed by atoms with van der Waals surface area (Å²) >= 11 is 0. The fourth-order valence-corrected chi connectivity index (χ4v) is 1.88. The fourth-order valence-electron chi connectivity index (χ4n) is 1.88. The largest absolute Gasteiger partial charge is 0.355 e. The minimum atomic E-state index is -0.384. The number of hydrogen-bond acceptors (Lipinski definition) is 2. The highest BCUT2D eigenvalue weighted by atomic mass is 16.6. The van der Waals surface area contributed by atoms with Crippen molar-refractivity contribution in [2.45, 2.75) is 0 Å². The van der Waals surface area contributed by atoms with Crippen LogP contribution in [-0.2, 0) is 0 Å². The minimum Gasteiger partial charge on any atom is -0.355 e. The van der Waals surface area contributed by atoms with Gasteiger partial charge in [-0.25, -0.2) is 0 Å². The van der Waals surface area contributed by atoms with E-state index in [1.807, 2.05) is 18.2 Å². The molecule has 16 heavy (non-hydrogen) atoms. The Hall–Kier alpha value is -2.36. The zero-order chi connectivity index (χ0) is 11.1. The molecule has 1 heterocycles. The van der Waals surface area contributed by atoms with E-state index >= 15 is 0 Å². The molecule has 0 unspecified atom stereocenters. The molecule has 0 atom stereocenters. The molecule has 0 fully saturated rings. The van der Waals surface area contributed by atoms with Gasteiger partial charge in [-0.1, -0.05) is 6.07 Å². The molecule has 2 aromatic carbocycles. The zero-order valence-corrected chi connectivity index (χ0v) is 8.23. The quantitative estimate of drug-likeness (QED) is 0.496. The summed E-state index contributed by atoms with van der Waals surface area (Å²) in [4.78, 5) is 13.5. The predicted molar refractivity (Wildman–Crippen MR) is 61.3 cm³/mol. The van der Waals surface area contributed by atoms with Crippen LogP contribution in [0.4, 0.5) is 5.69 Å². The molecule has 0 bridgehead atoms. The molecule has 0 amide bonds. The predicted octanol–water partition coefficient (Wildman–Crippen LogP) is 3.03. The van der Waals surface area contributed by atoms with Gasteiger partial charge in [0.2, 0.25) is 0 Å². The SMILES string of the molecule is O=[N+]([O-])c1ccc2[nH]c3cc[c]cc3c2c1. The smallest absolute Gasteiger partial charge is 0.270 e. The van der Waals surface area contributed by atoms with Crippen LogP contribution >= 0.6 is 0 Å². The first-order chi connectivity index (χ1) is 7.75. The van der Waals surface area contributed by atoms with E-state index in [-0.39, 0.29) is 10.6 Å². The summed E-state index contributed by atoms with van der Waals surface area (Å²) in [5, 5.41) is 12.5. The van der Waals surface area contributed by atoms with Crippen molar-refractivity contribution in [2.75, 3.05) is 0 Å². The Morgan fingerprint density at radius 1 is 1.19 bits per heavy atom. The Bertz CT molecular complexity index is 700. The lowest BCUT2D eigenvalue weighted by Crippen LogP contribution is -1.86. The van der Waals surface area contributed by atoms with Gasteiger partial charge >= 0.3 is 0 Å². The number of nitrogens with one attached hydrogen (secondary N) is 1. The van der Waals surface area contributed by atoms with E-state index in [4.69, 9.17) is 0 Å². The third kappa shape index (κ3) is 1.16. The van der Waals surface area contributed by atoms with Crippen molar-refractivity contribution in [3.05, 3.63) is 52.6 Å². The summed E-state index contributed by atoms with van der Waals surface area (Å²) in [5.41, 5.74) is 1.98. The number of benzene rings is 2. The molecule has 0 saturated carbocycles. The van der Waals surface area contributed by atoms with E-state index in [1.54, 1.807) is 12.1 Å². The van der Waals surface area contributed by atoms with E-state index < -0.39 is 0 Å². The van der Waals surface area contributed by atoms with Crippen molar-refractivity contribution in [2.24, 2.45) is 0 Å². The van der Waals surface area contributed by atoms with E-state index in [1.165, 1.54) is 6.07 Å². The first-order valence-electron chi connectivity index (χ1n) is 4.81. The fraction of sp³-hybridized carbons (Fsp3) is 0. The molecular weight excluding hydrogens is 204 g/mol. The third-order valence-electron chi connectivity index (χ3n) is 2.64. The number of nitro groups is 1. The summed E-state index contributed by atoms with van der Waals surface area (Å²) in [6.07, 6.45) is 0. The second kappa shape index (κ2) is 3.06. The maximum Gasteiger partial charge on any atom is 0.270 e. The van der Waals surface area contributed by atoms with Gasteiger partial charge in [0.1, 0.15) is 0 Å². The zero-order valence-electron chi connectivity index (χ0n) is 8.23. The van der Waals surface area contributed by atoms with Crippen LogP contribution < -0.4 is 0 Å². The molecule has 3 aromatic rings. The Labute approximate surface area is 90.7 Å².